The number of amides is 2. The molecule has 3 nitrogen and oxygen atoms in total. The third-order valence-electron chi connectivity index (χ3n) is 4.91. The van der Waals surface area contributed by atoms with Crippen molar-refractivity contribution in [2.75, 3.05) is 0 Å². The predicted molar refractivity (Wildman–Crippen MR) is 115 cm³/mol. The van der Waals surface area contributed by atoms with Gasteiger partial charge in [0.2, 0.25) is 0 Å². The Morgan fingerprint density at radius 2 is 1.81 bits per heavy atom. The summed E-state index contributed by atoms with van der Waals surface area (Å²) in [6.07, 6.45) is 17.8. The quantitative estimate of drug-likeness (QED) is 0.442. The summed E-state index contributed by atoms with van der Waals surface area (Å²) in [7, 11) is 0. The zero-order valence-electron chi connectivity index (χ0n) is 16.9. The molecular weight excluding hydrogens is 354 g/mol. The van der Waals surface area contributed by atoms with Gasteiger partial charge in [0.15, 0.2) is 0 Å². The number of carbonyl (C=O) groups is 2. The maximum atomic E-state index is 11.5. The highest BCUT2D eigenvalue weighted by molar-refractivity contribution is 8.18. The van der Waals surface area contributed by atoms with Crippen molar-refractivity contribution in [3.63, 3.8) is 0 Å². The third-order valence-corrected chi connectivity index (χ3v) is 5.74. The molecule has 144 valence electrons. The molecule has 1 heterocycles. The standard InChI is InChI=1S/C23H29NO2S/c1-16(11-13-19-18(3)10-7-15-23(19,4)5)8-6-9-17(2)12-14-20-21(25)24-22(26)27-20/h6,8-9,11-14H,7,10,15H2,1-5H3,(H,24,25,26)/b9-6+,13-11+,16-8+,17-12+,20-14-. The second kappa shape index (κ2) is 9.23. The largest absolute Gasteiger partial charge is 0.290 e. The van der Waals surface area contributed by atoms with Crippen LogP contribution in [-0.4, -0.2) is 11.1 Å². The summed E-state index contributed by atoms with van der Waals surface area (Å²) in [5, 5.41) is 1.93. The van der Waals surface area contributed by atoms with Gasteiger partial charge in [-0.15, -0.1) is 0 Å². The fourth-order valence-corrected chi connectivity index (χ4v) is 3.95. The Kier molecular flexibility index (Phi) is 7.25. The Balaban J connectivity index is 2.00. The van der Waals surface area contributed by atoms with Gasteiger partial charge in [0, 0.05) is 0 Å². The molecular formula is C23H29NO2S. The van der Waals surface area contributed by atoms with E-state index in [1.165, 1.54) is 36.0 Å². The van der Waals surface area contributed by atoms with Crippen LogP contribution in [0.15, 0.2) is 69.7 Å². The van der Waals surface area contributed by atoms with Crippen LogP contribution in [0.5, 0.6) is 0 Å². The lowest BCUT2D eigenvalue weighted by Gasteiger charge is -2.32. The lowest BCUT2D eigenvalue weighted by Crippen LogP contribution is -2.19. The fourth-order valence-electron chi connectivity index (χ4n) is 3.33. The second-order valence-corrected chi connectivity index (χ2v) is 8.83. The van der Waals surface area contributed by atoms with Crippen LogP contribution in [0.2, 0.25) is 0 Å². The molecule has 0 atom stereocenters. The Labute approximate surface area is 167 Å². The summed E-state index contributed by atoms with van der Waals surface area (Å²) in [5.41, 5.74) is 5.43. The van der Waals surface area contributed by atoms with E-state index in [2.05, 4.69) is 51.2 Å². The van der Waals surface area contributed by atoms with Crippen molar-refractivity contribution in [3.8, 4) is 0 Å². The summed E-state index contributed by atoms with van der Waals surface area (Å²) in [6.45, 7) is 11.0. The molecule has 0 saturated carbocycles. The van der Waals surface area contributed by atoms with Gasteiger partial charge in [0.1, 0.15) is 0 Å². The zero-order chi connectivity index (χ0) is 20.0. The van der Waals surface area contributed by atoms with Crippen molar-refractivity contribution in [3.05, 3.63) is 69.7 Å². The summed E-state index contributed by atoms with van der Waals surface area (Å²) < 4.78 is 0. The molecule has 0 aromatic heterocycles. The second-order valence-electron chi connectivity index (χ2n) is 7.82. The van der Waals surface area contributed by atoms with E-state index in [0.717, 1.165) is 17.3 Å². The smallest absolute Gasteiger partial charge is 0.282 e. The van der Waals surface area contributed by atoms with Crippen LogP contribution >= 0.6 is 11.8 Å². The van der Waals surface area contributed by atoms with E-state index in [9.17, 15) is 9.59 Å². The van der Waals surface area contributed by atoms with Crippen LogP contribution in [0.25, 0.3) is 0 Å². The SMILES string of the molecule is CC1=C(/C=C/C(C)=C/C=C/C(C)=C/C=C2\SC(=O)NC2=O)C(C)(C)CCC1. The van der Waals surface area contributed by atoms with Crippen molar-refractivity contribution in [2.24, 2.45) is 5.41 Å². The van der Waals surface area contributed by atoms with Crippen LogP contribution in [0, 0.1) is 5.41 Å². The highest BCUT2D eigenvalue weighted by Gasteiger charge is 2.26. The van der Waals surface area contributed by atoms with Crippen LogP contribution in [0.4, 0.5) is 4.79 Å². The van der Waals surface area contributed by atoms with Crippen LogP contribution in [0.3, 0.4) is 0 Å². The first-order valence-corrected chi connectivity index (χ1v) is 10.2. The zero-order valence-corrected chi connectivity index (χ0v) is 17.7. The molecule has 2 amide bonds. The third kappa shape index (κ3) is 6.24. The fraction of sp³-hybridized carbons (Fsp3) is 0.391. The van der Waals surface area contributed by atoms with Crippen molar-refractivity contribution in [1.29, 1.82) is 0 Å². The van der Waals surface area contributed by atoms with E-state index < -0.39 is 0 Å². The molecule has 0 unspecified atom stereocenters. The Morgan fingerprint density at radius 3 is 2.44 bits per heavy atom. The topological polar surface area (TPSA) is 46.2 Å². The number of rotatable bonds is 5. The first-order chi connectivity index (χ1) is 12.7. The average molecular weight is 384 g/mol. The first-order valence-electron chi connectivity index (χ1n) is 9.34. The molecule has 0 bridgehead atoms. The molecule has 0 spiro atoms. The molecule has 1 aliphatic carbocycles. The van der Waals surface area contributed by atoms with Crippen LogP contribution < -0.4 is 5.32 Å². The van der Waals surface area contributed by atoms with Gasteiger partial charge in [-0.25, -0.2) is 0 Å². The summed E-state index contributed by atoms with van der Waals surface area (Å²) in [6, 6.07) is 0. The molecule has 4 heteroatoms. The van der Waals surface area contributed by atoms with E-state index in [4.69, 9.17) is 0 Å². The minimum atomic E-state index is -0.325. The molecule has 0 aromatic carbocycles. The highest BCUT2D eigenvalue weighted by Crippen LogP contribution is 2.40. The van der Waals surface area contributed by atoms with E-state index in [-0.39, 0.29) is 16.6 Å². The first kappa shape index (κ1) is 21.2. The van der Waals surface area contributed by atoms with Gasteiger partial charge in [-0.05, 0) is 68.9 Å². The van der Waals surface area contributed by atoms with E-state index >= 15 is 0 Å². The number of thioether (sulfide) groups is 1. The molecule has 0 aromatic rings. The van der Waals surface area contributed by atoms with Crippen LogP contribution in [0.1, 0.15) is 53.9 Å². The van der Waals surface area contributed by atoms with Gasteiger partial charge < -0.3 is 0 Å². The molecule has 27 heavy (non-hydrogen) atoms. The minimum absolute atomic E-state index is 0.258. The summed E-state index contributed by atoms with van der Waals surface area (Å²) in [5.74, 6) is -0.325. The molecule has 2 rings (SSSR count). The van der Waals surface area contributed by atoms with E-state index in [0.29, 0.717) is 4.91 Å². The van der Waals surface area contributed by atoms with Gasteiger partial charge >= 0.3 is 0 Å². The number of carbonyl (C=O) groups excluding carboxylic acids is 2. The normalized spacial score (nSPS) is 23.2. The maximum Gasteiger partial charge on any atom is 0.290 e. The van der Waals surface area contributed by atoms with Crippen molar-refractivity contribution >= 4 is 22.9 Å². The number of allylic oxidation sites excluding steroid dienone is 11. The minimum Gasteiger partial charge on any atom is -0.282 e. The van der Waals surface area contributed by atoms with Gasteiger partial charge in [0.05, 0.1) is 4.91 Å². The monoisotopic (exact) mass is 383 g/mol. The lowest BCUT2D eigenvalue weighted by molar-refractivity contribution is -0.115. The molecule has 1 saturated heterocycles. The number of imide groups is 1. The van der Waals surface area contributed by atoms with Crippen molar-refractivity contribution in [1.82, 2.24) is 5.32 Å². The predicted octanol–water partition coefficient (Wildman–Crippen LogP) is 6.38. The number of nitrogens with one attached hydrogen (secondary N) is 1. The van der Waals surface area contributed by atoms with Crippen molar-refractivity contribution in [2.45, 2.75) is 53.9 Å². The summed E-state index contributed by atoms with van der Waals surface area (Å²) in [4.78, 5) is 23.0. The maximum absolute atomic E-state index is 11.5. The Morgan fingerprint density at radius 1 is 1.11 bits per heavy atom. The molecule has 0 radical (unpaired) electrons. The average Bonchev–Trinajstić information content (AvgIpc) is 2.89. The number of hydrogen-bond acceptors (Lipinski definition) is 3. The van der Waals surface area contributed by atoms with Gasteiger partial charge in [-0.1, -0.05) is 67.0 Å². The van der Waals surface area contributed by atoms with Gasteiger partial charge in [-0.2, -0.15) is 0 Å². The van der Waals surface area contributed by atoms with Gasteiger partial charge in [0.25, 0.3) is 11.1 Å². The highest BCUT2D eigenvalue weighted by atomic mass is 32.2. The number of hydrogen-bond donors (Lipinski definition) is 1. The molecule has 1 fully saturated rings. The van der Waals surface area contributed by atoms with E-state index in [1.807, 2.05) is 25.2 Å². The van der Waals surface area contributed by atoms with Crippen LogP contribution in [-0.2, 0) is 4.79 Å². The van der Waals surface area contributed by atoms with Gasteiger partial charge in [-0.3, -0.25) is 14.9 Å². The lowest BCUT2D eigenvalue weighted by atomic mass is 9.72. The molecule has 1 N–H and O–H groups in total. The molecule has 1 aliphatic heterocycles. The Hall–Kier alpha value is -2.07. The van der Waals surface area contributed by atoms with Crippen molar-refractivity contribution < 1.29 is 9.59 Å². The Bertz CT molecular complexity index is 804. The van der Waals surface area contributed by atoms with E-state index in [1.54, 1.807) is 6.08 Å². The summed E-state index contributed by atoms with van der Waals surface area (Å²) >= 11 is 0.932. The molecule has 2 aliphatic rings.